The smallest absolute Gasteiger partial charge is 0.475 e. The SMILES string of the molecule is O=C(O)C(F)(F)F.O[C@@H]1CCN(Cc2ccc(F)cc2)[C@H]1Cc1ccccc1. The summed E-state index contributed by atoms with van der Waals surface area (Å²) in [6.07, 6.45) is -3.72. The Morgan fingerprint density at radius 1 is 1.04 bits per heavy atom. The number of benzene rings is 2. The number of hydrogen-bond donors (Lipinski definition) is 2. The molecule has 0 unspecified atom stereocenters. The second-order valence-corrected chi connectivity index (χ2v) is 6.51. The second kappa shape index (κ2) is 9.66. The van der Waals surface area contributed by atoms with Crippen LogP contribution in [-0.4, -0.2) is 45.9 Å². The van der Waals surface area contributed by atoms with Crippen molar-refractivity contribution in [3.63, 3.8) is 0 Å². The van der Waals surface area contributed by atoms with Crippen molar-refractivity contribution in [1.82, 2.24) is 4.90 Å². The first-order chi connectivity index (χ1) is 13.2. The summed E-state index contributed by atoms with van der Waals surface area (Å²) in [4.78, 5) is 11.2. The highest BCUT2D eigenvalue weighted by atomic mass is 19.4. The number of aliphatic carboxylic acids is 1. The van der Waals surface area contributed by atoms with E-state index in [2.05, 4.69) is 17.0 Å². The molecule has 2 N–H and O–H groups in total. The minimum Gasteiger partial charge on any atom is -0.475 e. The lowest BCUT2D eigenvalue weighted by Gasteiger charge is -2.26. The van der Waals surface area contributed by atoms with E-state index in [9.17, 15) is 22.7 Å². The quantitative estimate of drug-likeness (QED) is 0.771. The van der Waals surface area contributed by atoms with Crippen LogP contribution in [0.4, 0.5) is 17.6 Å². The third kappa shape index (κ3) is 6.61. The van der Waals surface area contributed by atoms with Gasteiger partial charge in [0, 0.05) is 19.1 Å². The van der Waals surface area contributed by atoms with Gasteiger partial charge in [0.1, 0.15) is 5.82 Å². The number of carboxylic acid groups (broad SMARTS) is 1. The predicted molar refractivity (Wildman–Crippen MR) is 95.1 cm³/mol. The number of carboxylic acids is 1. The monoisotopic (exact) mass is 399 g/mol. The van der Waals surface area contributed by atoms with Crippen LogP contribution in [0.15, 0.2) is 54.6 Å². The topological polar surface area (TPSA) is 60.8 Å². The third-order valence-corrected chi connectivity index (χ3v) is 4.45. The largest absolute Gasteiger partial charge is 0.490 e. The molecular weight excluding hydrogens is 378 g/mol. The van der Waals surface area contributed by atoms with Crippen molar-refractivity contribution in [2.75, 3.05) is 6.54 Å². The van der Waals surface area contributed by atoms with E-state index in [1.165, 1.54) is 17.7 Å². The van der Waals surface area contributed by atoms with Crippen molar-refractivity contribution in [2.24, 2.45) is 0 Å². The Labute approximate surface area is 160 Å². The molecule has 152 valence electrons. The molecule has 2 atom stereocenters. The molecule has 3 rings (SSSR count). The van der Waals surface area contributed by atoms with Gasteiger partial charge in [-0.3, -0.25) is 4.90 Å². The number of hydrogen-bond acceptors (Lipinski definition) is 3. The van der Waals surface area contributed by atoms with Crippen molar-refractivity contribution in [3.05, 3.63) is 71.5 Å². The maximum absolute atomic E-state index is 13.0. The molecule has 2 aromatic carbocycles. The molecule has 4 nitrogen and oxygen atoms in total. The fraction of sp³-hybridized carbons (Fsp3) is 0.350. The van der Waals surface area contributed by atoms with Gasteiger partial charge in [-0.1, -0.05) is 42.5 Å². The number of rotatable bonds is 4. The van der Waals surface area contributed by atoms with Crippen LogP contribution in [0.25, 0.3) is 0 Å². The van der Waals surface area contributed by atoms with E-state index in [0.29, 0.717) is 0 Å². The van der Waals surface area contributed by atoms with Gasteiger partial charge in [-0.2, -0.15) is 13.2 Å². The molecule has 0 bridgehead atoms. The average molecular weight is 399 g/mol. The van der Waals surface area contributed by atoms with Crippen LogP contribution in [0.2, 0.25) is 0 Å². The van der Waals surface area contributed by atoms with Gasteiger partial charge >= 0.3 is 12.1 Å². The number of carbonyl (C=O) groups is 1. The summed E-state index contributed by atoms with van der Waals surface area (Å²) < 4.78 is 44.7. The van der Waals surface area contributed by atoms with E-state index < -0.39 is 12.1 Å². The fourth-order valence-corrected chi connectivity index (χ4v) is 3.04. The van der Waals surface area contributed by atoms with E-state index in [4.69, 9.17) is 9.90 Å². The van der Waals surface area contributed by atoms with Gasteiger partial charge < -0.3 is 10.2 Å². The number of nitrogens with zero attached hydrogens (tertiary/aromatic N) is 1. The Balaban J connectivity index is 0.000000345. The maximum Gasteiger partial charge on any atom is 0.490 e. The summed E-state index contributed by atoms with van der Waals surface area (Å²) in [5, 5.41) is 17.4. The average Bonchev–Trinajstić information content (AvgIpc) is 2.97. The molecule has 0 aromatic heterocycles. The summed E-state index contributed by atoms with van der Waals surface area (Å²) in [6.45, 7) is 1.64. The molecule has 1 aliphatic heterocycles. The molecule has 0 saturated carbocycles. The zero-order valence-electron chi connectivity index (χ0n) is 14.9. The Morgan fingerprint density at radius 3 is 2.14 bits per heavy atom. The molecule has 28 heavy (non-hydrogen) atoms. The highest BCUT2D eigenvalue weighted by Gasteiger charge is 2.38. The zero-order valence-corrected chi connectivity index (χ0v) is 14.9. The van der Waals surface area contributed by atoms with Crippen LogP contribution in [0.3, 0.4) is 0 Å². The molecule has 0 amide bonds. The molecule has 2 aromatic rings. The van der Waals surface area contributed by atoms with Gasteiger partial charge in [0.05, 0.1) is 6.10 Å². The Kier molecular flexibility index (Phi) is 7.53. The molecule has 0 spiro atoms. The number of likely N-dealkylation sites (tertiary alicyclic amines) is 1. The van der Waals surface area contributed by atoms with Gasteiger partial charge in [0.25, 0.3) is 0 Å². The van der Waals surface area contributed by atoms with Gasteiger partial charge in [-0.15, -0.1) is 0 Å². The molecule has 1 aliphatic rings. The molecule has 0 radical (unpaired) electrons. The number of halogens is 4. The standard InChI is InChI=1S/C18H20FNO.C2HF3O2/c19-16-8-6-15(7-9-16)13-20-11-10-18(21)17(20)12-14-4-2-1-3-5-14;3-2(4,5)1(6)7/h1-9,17-18,21H,10-13H2;(H,6,7)/t17-,18+;/m0./s1. The molecule has 0 aliphatic carbocycles. The minimum absolute atomic E-state index is 0.137. The van der Waals surface area contributed by atoms with Gasteiger partial charge in [-0.05, 0) is 36.1 Å². The zero-order chi connectivity index (χ0) is 20.7. The van der Waals surface area contributed by atoms with Crippen LogP contribution in [-0.2, 0) is 17.8 Å². The van der Waals surface area contributed by atoms with E-state index in [0.717, 1.165) is 31.5 Å². The Morgan fingerprint density at radius 2 is 1.61 bits per heavy atom. The second-order valence-electron chi connectivity index (χ2n) is 6.51. The highest BCUT2D eigenvalue weighted by molar-refractivity contribution is 5.73. The van der Waals surface area contributed by atoms with Crippen LogP contribution < -0.4 is 0 Å². The molecule has 1 heterocycles. The molecular formula is C20H21F4NO3. The van der Waals surface area contributed by atoms with Crippen molar-refractivity contribution in [3.8, 4) is 0 Å². The number of alkyl halides is 3. The van der Waals surface area contributed by atoms with Crippen molar-refractivity contribution in [2.45, 2.75) is 37.7 Å². The summed E-state index contributed by atoms with van der Waals surface area (Å²) in [5.41, 5.74) is 2.33. The van der Waals surface area contributed by atoms with Crippen LogP contribution >= 0.6 is 0 Å². The normalized spacial score (nSPS) is 19.8. The number of aliphatic hydroxyl groups is 1. The van der Waals surface area contributed by atoms with Gasteiger partial charge in [0.2, 0.25) is 0 Å². The lowest BCUT2D eigenvalue weighted by molar-refractivity contribution is -0.192. The summed E-state index contributed by atoms with van der Waals surface area (Å²) >= 11 is 0. The number of aliphatic hydroxyl groups excluding tert-OH is 1. The lowest BCUT2D eigenvalue weighted by Crippen LogP contribution is -2.36. The van der Waals surface area contributed by atoms with E-state index in [-0.39, 0.29) is 18.0 Å². The molecule has 8 heteroatoms. The van der Waals surface area contributed by atoms with E-state index in [1.807, 2.05) is 30.3 Å². The van der Waals surface area contributed by atoms with Crippen LogP contribution in [0.1, 0.15) is 17.5 Å². The van der Waals surface area contributed by atoms with Crippen molar-refractivity contribution >= 4 is 5.97 Å². The Hall–Kier alpha value is -2.45. The molecule has 1 fully saturated rings. The van der Waals surface area contributed by atoms with Crippen LogP contribution in [0.5, 0.6) is 0 Å². The van der Waals surface area contributed by atoms with E-state index >= 15 is 0 Å². The molecule has 1 saturated heterocycles. The fourth-order valence-electron chi connectivity index (χ4n) is 3.04. The van der Waals surface area contributed by atoms with Crippen molar-refractivity contribution in [1.29, 1.82) is 0 Å². The first kappa shape index (κ1) is 21.8. The van der Waals surface area contributed by atoms with Gasteiger partial charge in [0.15, 0.2) is 0 Å². The predicted octanol–water partition coefficient (Wildman–Crippen LogP) is 3.64. The Bertz CT molecular complexity index is 750. The third-order valence-electron chi connectivity index (χ3n) is 4.45. The lowest BCUT2D eigenvalue weighted by atomic mass is 10.0. The first-order valence-corrected chi connectivity index (χ1v) is 8.67. The highest BCUT2D eigenvalue weighted by Crippen LogP contribution is 2.24. The summed E-state index contributed by atoms with van der Waals surface area (Å²) in [7, 11) is 0. The first-order valence-electron chi connectivity index (χ1n) is 8.67. The summed E-state index contributed by atoms with van der Waals surface area (Å²) in [5.74, 6) is -2.96. The summed E-state index contributed by atoms with van der Waals surface area (Å²) in [6, 6.07) is 17.0. The maximum atomic E-state index is 13.0. The van der Waals surface area contributed by atoms with E-state index in [1.54, 1.807) is 0 Å². The van der Waals surface area contributed by atoms with Crippen LogP contribution in [0, 0.1) is 5.82 Å². The minimum atomic E-state index is -5.08. The van der Waals surface area contributed by atoms with Gasteiger partial charge in [-0.25, -0.2) is 9.18 Å². The van der Waals surface area contributed by atoms with Crippen molar-refractivity contribution < 1.29 is 32.6 Å².